The minimum absolute atomic E-state index is 0.0992. The number of aryl methyl sites for hydroxylation is 2. The fourth-order valence-electron chi connectivity index (χ4n) is 2.09. The van der Waals surface area contributed by atoms with Gasteiger partial charge in [0.1, 0.15) is 11.5 Å². The van der Waals surface area contributed by atoms with Crippen LogP contribution in [0.4, 0.5) is 5.69 Å². The van der Waals surface area contributed by atoms with Crippen molar-refractivity contribution >= 4 is 23.2 Å². The van der Waals surface area contributed by atoms with Gasteiger partial charge in [-0.3, -0.25) is 4.79 Å². The maximum Gasteiger partial charge on any atom is 0.257 e. The molecule has 1 heterocycles. The van der Waals surface area contributed by atoms with Crippen LogP contribution in [0.5, 0.6) is 0 Å². The molecule has 2 aromatic rings. The number of anilines is 1. The average Bonchev–Trinajstić information content (AvgIpc) is 2.72. The van der Waals surface area contributed by atoms with Gasteiger partial charge in [0.15, 0.2) is 0 Å². The summed E-state index contributed by atoms with van der Waals surface area (Å²) in [6, 6.07) is 6.99. The van der Waals surface area contributed by atoms with E-state index in [1.54, 1.807) is 43.1 Å². The van der Waals surface area contributed by atoms with Gasteiger partial charge in [0.2, 0.25) is 0 Å². The molecule has 0 radical (unpaired) electrons. The van der Waals surface area contributed by atoms with Crippen LogP contribution in [0.2, 0.25) is 5.02 Å². The second kappa shape index (κ2) is 5.59. The van der Waals surface area contributed by atoms with Gasteiger partial charge in [0.05, 0.1) is 5.56 Å². The molecule has 0 saturated heterocycles. The van der Waals surface area contributed by atoms with Crippen LogP contribution in [0.1, 0.15) is 27.4 Å². The quantitative estimate of drug-likeness (QED) is 0.882. The molecule has 0 spiro atoms. The Morgan fingerprint density at radius 2 is 2.05 bits per heavy atom. The molecule has 0 saturated carbocycles. The number of furan rings is 1. The second-order valence-electron chi connectivity index (χ2n) is 4.84. The Bertz CT molecular complexity index is 649. The van der Waals surface area contributed by atoms with E-state index in [9.17, 15) is 4.79 Å². The first-order valence-corrected chi connectivity index (χ1v) is 6.62. The van der Waals surface area contributed by atoms with Crippen molar-refractivity contribution < 1.29 is 9.21 Å². The Morgan fingerprint density at radius 1 is 1.35 bits per heavy atom. The zero-order valence-electron chi connectivity index (χ0n) is 11.7. The molecule has 0 bridgehead atoms. The minimum atomic E-state index is -0.0992. The van der Waals surface area contributed by atoms with E-state index in [0.717, 1.165) is 11.3 Å². The monoisotopic (exact) mass is 292 g/mol. The molecular weight excluding hydrogens is 276 g/mol. The summed E-state index contributed by atoms with van der Waals surface area (Å²) < 4.78 is 5.39. The molecule has 0 atom stereocenters. The molecule has 1 aromatic heterocycles. The Labute approximate surface area is 123 Å². The fraction of sp³-hybridized carbons (Fsp3) is 0.267. The Balaban J connectivity index is 2.19. The molecule has 2 N–H and O–H groups in total. The van der Waals surface area contributed by atoms with Gasteiger partial charge in [0, 0.05) is 24.3 Å². The predicted molar refractivity (Wildman–Crippen MR) is 79.8 cm³/mol. The lowest BCUT2D eigenvalue weighted by atomic mass is 10.1. The van der Waals surface area contributed by atoms with E-state index in [1.165, 1.54) is 0 Å². The number of nitrogens with zero attached hydrogens (tertiary/aromatic N) is 1. The van der Waals surface area contributed by atoms with Crippen LogP contribution in [0, 0.1) is 13.8 Å². The summed E-state index contributed by atoms with van der Waals surface area (Å²) in [6.45, 7) is 3.99. The van der Waals surface area contributed by atoms with E-state index in [4.69, 9.17) is 21.8 Å². The first kappa shape index (κ1) is 14.5. The van der Waals surface area contributed by atoms with Gasteiger partial charge >= 0.3 is 0 Å². The van der Waals surface area contributed by atoms with Gasteiger partial charge in [0.25, 0.3) is 5.91 Å². The highest BCUT2D eigenvalue weighted by atomic mass is 35.5. The lowest BCUT2D eigenvalue weighted by molar-refractivity contribution is 0.0783. The van der Waals surface area contributed by atoms with Crippen molar-refractivity contribution in [3.05, 3.63) is 51.9 Å². The molecule has 0 aliphatic carbocycles. The summed E-state index contributed by atoms with van der Waals surface area (Å²) >= 11 is 6.11. The average molecular weight is 293 g/mol. The van der Waals surface area contributed by atoms with Gasteiger partial charge < -0.3 is 15.1 Å². The Hall–Kier alpha value is -1.94. The van der Waals surface area contributed by atoms with Gasteiger partial charge in [-0.2, -0.15) is 0 Å². The highest BCUT2D eigenvalue weighted by molar-refractivity contribution is 6.31. The molecule has 106 valence electrons. The van der Waals surface area contributed by atoms with Crippen LogP contribution in [-0.2, 0) is 6.54 Å². The summed E-state index contributed by atoms with van der Waals surface area (Å²) in [5.41, 5.74) is 7.76. The number of amides is 1. The standard InChI is InChI=1S/C15H17ClN2O2/c1-9-6-13(10(2)20-9)15(19)18(3)8-11-7-12(17)4-5-14(11)16/h4-7H,8,17H2,1-3H3. The van der Waals surface area contributed by atoms with Gasteiger partial charge in [-0.25, -0.2) is 0 Å². The third-order valence-corrected chi connectivity index (χ3v) is 3.46. The molecule has 4 nitrogen and oxygen atoms in total. The van der Waals surface area contributed by atoms with Crippen molar-refractivity contribution in [1.29, 1.82) is 0 Å². The van der Waals surface area contributed by atoms with Crippen molar-refractivity contribution in [2.45, 2.75) is 20.4 Å². The first-order chi connectivity index (χ1) is 9.38. The summed E-state index contributed by atoms with van der Waals surface area (Å²) in [6.07, 6.45) is 0. The number of nitrogens with two attached hydrogens (primary N) is 1. The third-order valence-electron chi connectivity index (χ3n) is 3.10. The van der Waals surface area contributed by atoms with E-state index in [2.05, 4.69) is 0 Å². The molecule has 20 heavy (non-hydrogen) atoms. The Kier molecular flexibility index (Phi) is 4.04. The molecule has 2 rings (SSSR count). The summed E-state index contributed by atoms with van der Waals surface area (Å²) in [4.78, 5) is 14.0. The maximum absolute atomic E-state index is 12.4. The topological polar surface area (TPSA) is 59.5 Å². The molecule has 5 heteroatoms. The van der Waals surface area contributed by atoms with E-state index in [1.807, 2.05) is 6.92 Å². The molecule has 1 aromatic carbocycles. The number of hydrogen-bond donors (Lipinski definition) is 1. The Morgan fingerprint density at radius 3 is 2.65 bits per heavy atom. The first-order valence-electron chi connectivity index (χ1n) is 6.25. The van der Waals surface area contributed by atoms with Crippen LogP contribution < -0.4 is 5.73 Å². The zero-order chi connectivity index (χ0) is 14.9. The van der Waals surface area contributed by atoms with Gasteiger partial charge in [-0.05, 0) is 43.7 Å². The van der Waals surface area contributed by atoms with Crippen LogP contribution >= 0.6 is 11.6 Å². The van der Waals surface area contributed by atoms with E-state index in [-0.39, 0.29) is 5.91 Å². The van der Waals surface area contributed by atoms with E-state index < -0.39 is 0 Å². The number of carbonyl (C=O) groups excluding carboxylic acids is 1. The largest absolute Gasteiger partial charge is 0.466 e. The smallest absolute Gasteiger partial charge is 0.257 e. The SMILES string of the molecule is Cc1cc(C(=O)N(C)Cc2cc(N)ccc2Cl)c(C)o1. The number of hydrogen-bond acceptors (Lipinski definition) is 3. The van der Waals surface area contributed by atoms with Gasteiger partial charge in [-0.15, -0.1) is 0 Å². The van der Waals surface area contributed by atoms with Crippen molar-refractivity contribution in [2.24, 2.45) is 0 Å². The minimum Gasteiger partial charge on any atom is -0.466 e. The van der Waals surface area contributed by atoms with Crippen molar-refractivity contribution in [1.82, 2.24) is 4.90 Å². The van der Waals surface area contributed by atoms with Crippen LogP contribution in [0.25, 0.3) is 0 Å². The fourth-order valence-corrected chi connectivity index (χ4v) is 2.27. The van der Waals surface area contributed by atoms with Gasteiger partial charge in [-0.1, -0.05) is 11.6 Å². The van der Waals surface area contributed by atoms with Crippen LogP contribution in [0.15, 0.2) is 28.7 Å². The van der Waals surface area contributed by atoms with E-state index in [0.29, 0.717) is 28.6 Å². The summed E-state index contributed by atoms with van der Waals surface area (Å²) in [5.74, 6) is 1.25. The number of halogens is 1. The van der Waals surface area contributed by atoms with E-state index >= 15 is 0 Å². The molecule has 0 aliphatic heterocycles. The zero-order valence-corrected chi connectivity index (χ0v) is 12.5. The molecule has 1 amide bonds. The molecular formula is C15H17ClN2O2. The van der Waals surface area contributed by atoms with Crippen LogP contribution in [0.3, 0.4) is 0 Å². The number of rotatable bonds is 3. The third kappa shape index (κ3) is 2.96. The summed E-state index contributed by atoms with van der Waals surface area (Å²) in [5, 5.41) is 0.596. The number of carbonyl (C=O) groups is 1. The number of benzene rings is 1. The lowest BCUT2D eigenvalue weighted by Crippen LogP contribution is -2.26. The second-order valence-corrected chi connectivity index (χ2v) is 5.25. The molecule has 0 fully saturated rings. The maximum atomic E-state index is 12.4. The van der Waals surface area contributed by atoms with Crippen molar-refractivity contribution in [2.75, 3.05) is 12.8 Å². The van der Waals surface area contributed by atoms with Crippen LogP contribution in [-0.4, -0.2) is 17.9 Å². The molecule has 0 unspecified atom stereocenters. The highest BCUT2D eigenvalue weighted by Crippen LogP contribution is 2.22. The number of nitrogen functional groups attached to an aromatic ring is 1. The normalized spacial score (nSPS) is 10.6. The molecule has 0 aliphatic rings. The van der Waals surface area contributed by atoms with Crippen molar-refractivity contribution in [3.8, 4) is 0 Å². The predicted octanol–water partition coefficient (Wildman–Crippen LogP) is 3.40. The lowest BCUT2D eigenvalue weighted by Gasteiger charge is -2.18. The summed E-state index contributed by atoms with van der Waals surface area (Å²) in [7, 11) is 1.73. The highest BCUT2D eigenvalue weighted by Gasteiger charge is 2.18. The van der Waals surface area contributed by atoms with Crippen molar-refractivity contribution in [3.63, 3.8) is 0 Å².